The maximum atomic E-state index is 12.3. The van der Waals surface area contributed by atoms with E-state index >= 15 is 0 Å². The number of carboxylic acids is 1. The van der Waals surface area contributed by atoms with Crippen LogP contribution >= 0.6 is 0 Å². The largest absolute Gasteiger partial charge is 0.507 e. The average Bonchev–Trinajstić information content (AvgIpc) is 2.64. The Hall–Kier alpha value is -2.90. The Bertz CT molecular complexity index is 777. The number of piperidine rings is 1. The lowest BCUT2D eigenvalue weighted by atomic mass is 10.0. The minimum atomic E-state index is -0.833. The van der Waals surface area contributed by atoms with Gasteiger partial charge < -0.3 is 20.6 Å². The molecule has 0 aromatic heterocycles. The zero-order valence-corrected chi connectivity index (χ0v) is 15.8. The van der Waals surface area contributed by atoms with Crippen LogP contribution in [0.3, 0.4) is 0 Å². The van der Waals surface area contributed by atoms with Crippen molar-refractivity contribution < 1.29 is 24.9 Å². The van der Waals surface area contributed by atoms with Crippen LogP contribution in [0.1, 0.15) is 29.3 Å². The number of benzene rings is 2. The van der Waals surface area contributed by atoms with E-state index in [9.17, 15) is 15.0 Å². The number of nitrogens with zero attached hydrogens (tertiary/aromatic N) is 1. The number of likely N-dealkylation sites (tertiary alicyclic amines) is 1. The number of phenolic OH excluding ortho intramolecular Hbond substituents is 1. The predicted molar refractivity (Wildman–Crippen MR) is 105 cm³/mol. The highest BCUT2D eigenvalue weighted by Crippen LogP contribution is 2.18. The maximum Gasteiger partial charge on any atom is 0.300 e. The van der Waals surface area contributed by atoms with Crippen LogP contribution in [-0.2, 0) is 11.3 Å². The SMILES string of the molecule is CC(=O)O.O=C(NC1CCN(Cc2ccccc2)CC1O)c1ccccc1O. The first-order valence-corrected chi connectivity index (χ1v) is 9.09. The molecule has 1 fully saturated rings. The standard InChI is InChI=1S/C19H22N2O3.C2H4O2/c22-17-9-5-4-8-15(17)19(24)20-16-10-11-21(13-18(16)23)12-14-6-2-1-3-7-14;1-2(3)4/h1-9,16,18,22-23H,10-13H2,(H,20,24);1H3,(H,3,4). The highest BCUT2D eigenvalue weighted by molar-refractivity contribution is 5.96. The van der Waals surface area contributed by atoms with Crippen LogP contribution in [0.25, 0.3) is 0 Å². The van der Waals surface area contributed by atoms with Crippen molar-refractivity contribution in [3.8, 4) is 5.75 Å². The third kappa shape index (κ3) is 6.68. The number of hydrogen-bond acceptors (Lipinski definition) is 5. The van der Waals surface area contributed by atoms with E-state index in [4.69, 9.17) is 9.90 Å². The van der Waals surface area contributed by atoms with E-state index in [1.54, 1.807) is 18.2 Å². The van der Waals surface area contributed by atoms with Crippen LogP contribution in [0.15, 0.2) is 54.6 Å². The first-order chi connectivity index (χ1) is 13.4. The predicted octanol–water partition coefficient (Wildman–Crippen LogP) is 1.85. The van der Waals surface area contributed by atoms with Gasteiger partial charge in [0.1, 0.15) is 5.75 Å². The summed E-state index contributed by atoms with van der Waals surface area (Å²) in [6, 6.07) is 16.3. The molecule has 1 amide bonds. The minimum absolute atomic E-state index is 0.0500. The van der Waals surface area contributed by atoms with Crippen LogP contribution < -0.4 is 5.32 Å². The van der Waals surface area contributed by atoms with Crippen molar-refractivity contribution in [1.29, 1.82) is 0 Å². The van der Waals surface area contributed by atoms with Gasteiger partial charge in [0.2, 0.25) is 0 Å². The summed E-state index contributed by atoms with van der Waals surface area (Å²) in [6.45, 7) is 3.19. The number of phenols is 1. The summed E-state index contributed by atoms with van der Waals surface area (Å²) < 4.78 is 0. The van der Waals surface area contributed by atoms with E-state index in [0.717, 1.165) is 20.0 Å². The van der Waals surface area contributed by atoms with Gasteiger partial charge in [-0.1, -0.05) is 42.5 Å². The highest BCUT2D eigenvalue weighted by atomic mass is 16.4. The number of carboxylic acid groups (broad SMARTS) is 1. The molecule has 4 N–H and O–H groups in total. The number of carbonyl (C=O) groups excluding carboxylic acids is 1. The Morgan fingerprint density at radius 2 is 1.71 bits per heavy atom. The van der Waals surface area contributed by atoms with Crippen molar-refractivity contribution in [1.82, 2.24) is 10.2 Å². The quantitative estimate of drug-likeness (QED) is 0.638. The van der Waals surface area contributed by atoms with Crippen LogP contribution in [0, 0.1) is 0 Å². The zero-order valence-electron chi connectivity index (χ0n) is 15.8. The lowest BCUT2D eigenvalue weighted by molar-refractivity contribution is -0.134. The number of β-amino-alcohol motifs (C(OH)–C–C–N with tert-alkyl or cyclic N) is 1. The Labute approximate surface area is 164 Å². The number of carbonyl (C=O) groups is 2. The fourth-order valence-corrected chi connectivity index (χ4v) is 3.06. The molecule has 1 saturated heterocycles. The summed E-state index contributed by atoms with van der Waals surface area (Å²) in [4.78, 5) is 23.4. The molecule has 0 spiro atoms. The van der Waals surface area contributed by atoms with Gasteiger partial charge in [-0.25, -0.2) is 0 Å². The number of hydrogen-bond donors (Lipinski definition) is 4. The van der Waals surface area contributed by atoms with Crippen molar-refractivity contribution in [3.05, 3.63) is 65.7 Å². The molecule has 2 atom stereocenters. The van der Waals surface area contributed by atoms with E-state index in [0.29, 0.717) is 13.0 Å². The average molecular weight is 386 g/mol. The fourth-order valence-electron chi connectivity index (χ4n) is 3.06. The molecule has 28 heavy (non-hydrogen) atoms. The van der Waals surface area contributed by atoms with Crippen LogP contribution in [0.5, 0.6) is 5.75 Å². The second kappa shape index (κ2) is 10.4. The molecular formula is C21H26N2O5. The van der Waals surface area contributed by atoms with Gasteiger partial charge in [-0.3, -0.25) is 14.5 Å². The van der Waals surface area contributed by atoms with E-state index in [1.807, 2.05) is 18.2 Å². The second-order valence-corrected chi connectivity index (χ2v) is 6.69. The molecular weight excluding hydrogens is 360 g/mol. The van der Waals surface area contributed by atoms with Crippen molar-refractivity contribution >= 4 is 11.9 Å². The Balaban J connectivity index is 0.000000640. The molecule has 0 radical (unpaired) electrons. The van der Waals surface area contributed by atoms with Gasteiger partial charge in [-0.05, 0) is 24.1 Å². The van der Waals surface area contributed by atoms with Gasteiger partial charge in [-0.15, -0.1) is 0 Å². The van der Waals surface area contributed by atoms with Crippen LogP contribution in [-0.4, -0.2) is 57.3 Å². The Morgan fingerprint density at radius 3 is 2.32 bits per heavy atom. The first-order valence-electron chi connectivity index (χ1n) is 9.09. The molecule has 3 rings (SSSR count). The summed E-state index contributed by atoms with van der Waals surface area (Å²) in [5, 5.41) is 30.4. The summed E-state index contributed by atoms with van der Waals surface area (Å²) in [7, 11) is 0. The molecule has 1 aliphatic rings. The summed E-state index contributed by atoms with van der Waals surface area (Å²) in [6.07, 6.45) is 0.0464. The molecule has 2 unspecified atom stereocenters. The number of para-hydroxylation sites is 1. The van der Waals surface area contributed by atoms with Gasteiger partial charge in [0.15, 0.2) is 0 Å². The minimum Gasteiger partial charge on any atom is -0.507 e. The number of nitrogens with one attached hydrogen (secondary N) is 1. The third-order valence-electron chi connectivity index (χ3n) is 4.38. The number of rotatable bonds is 4. The molecule has 7 heteroatoms. The van der Waals surface area contributed by atoms with E-state index < -0.39 is 12.1 Å². The molecule has 0 saturated carbocycles. The molecule has 150 valence electrons. The van der Waals surface area contributed by atoms with Gasteiger partial charge in [-0.2, -0.15) is 0 Å². The summed E-state index contributed by atoms with van der Waals surface area (Å²) in [5.74, 6) is -1.24. The van der Waals surface area contributed by atoms with Crippen LogP contribution in [0.4, 0.5) is 0 Å². The third-order valence-corrected chi connectivity index (χ3v) is 4.38. The van der Waals surface area contributed by atoms with E-state index in [2.05, 4.69) is 22.3 Å². The van der Waals surface area contributed by atoms with Gasteiger partial charge in [0.05, 0.1) is 17.7 Å². The van der Waals surface area contributed by atoms with Crippen molar-refractivity contribution in [3.63, 3.8) is 0 Å². The van der Waals surface area contributed by atoms with Crippen LogP contribution in [0.2, 0.25) is 0 Å². The lowest BCUT2D eigenvalue weighted by Gasteiger charge is -2.36. The molecule has 1 aliphatic heterocycles. The second-order valence-electron chi connectivity index (χ2n) is 6.69. The summed E-state index contributed by atoms with van der Waals surface area (Å²) >= 11 is 0. The number of aliphatic hydroxyl groups is 1. The number of aliphatic carboxylic acids is 1. The Morgan fingerprint density at radius 1 is 1.11 bits per heavy atom. The molecule has 7 nitrogen and oxygen atoms in total. The van der Waals surface area contributed by atoms with Crippen molar-refractivity contribution in [2.75, 3.05) is 13.1 Å². The smallest absolute Gasteiger partial charge is 0.300 e. The number of aromatic hydroxyl groups is 1. The topological polar surface area (TPSA) is 110 Å². The summed E-state index contributed by atoms with van der Waals surface area (Å²) in [5.41, 5.74) is 1.44. The van der Waals surface area contributed by atoms with E-state index in [-0.39, 0.29) is 23.3 Å². The highest BCUT2D eigenvalue weighted by Gasteiger charge is 2.29. The molecule has 2 aromatic carbocycles. The molecule has 0 bridgehead atoms. The van der Waals surface area contributed by atoms with E-state index in [1.165, 1.54) is 11.6 Å². The van der Waals surface area contributed by atoms with Gasteiger partial charge in [0, 0.05) is 26.6 Å². The fraction of sp³-hybridized carbons (Fsp3) is 0.333. The molecule has 0 aliphatic carbocycles. The lowest BCUT2D eigenvalue weighted by Crippen LogP contribution is -2.53. The molecule has 2 aromatic rings. The normalized spacial score (nSPS) is 19.2. The van der Waals surface area contributed by atoms with Crippen molar-refractivity contribution in [2.45, 2.75) is 32.0 Å². The Kier molecular flexibility index (Phi) is 7.98. The number of aliphatic hydroxyl groups excluding tert-OH is 1. The zero-order chi connectivity index (χ0) is 20.5. The molecule has 1 heterocycles. The van der Waals surface area contributed by atoms with Gasteiger partial charge in [0.25, 0.3) is 11.9 Å². The van der Waals surface area contributed by atoms with Gasteiger partial charge >= 0.3 is 0 Å². The first kappa shape index (κ1) is 21.4. The van der Waals surface area contributed by atoms with Crippen molar-refractivity contribution in [2.24, 2.45) is 0 Å². The monoisotopic (exact) mass is 386 g/mol. The maximum absolute atomic E-state index is 12.3. The number of amides is 1.